The van der Waals surface area contributed by atoms with Gasteiger partial charge >= 0.3 is 0 Å². The van der Waals surface area contributed by atoms with E-state index >= 15 is 0 Å². The zero-order valence-electron chi connectivity index (χ0n) is 16.4. The summed E-state index contributed by atoms with van der Waals surface area (Å²) in [6.45, 7) is 6.20. The summed E-state index contributed by atoms with van der Waals surface area (Å²) in [4.78, 5) is 0. The van der Waals surface area contributed by atoms with Gasteiger partial charge in [0.25, 0.3) is 0 Å². The van der Waals surface area contributed by atoms with Crippen LogP contribution in [0, 0.1) is 0 Å². The third-order valence-electron chi connectivity index (χ3n) is 4.73. The van der Waals surface area contributed by atoms with Crippen LogP contribution in [-0.4, -0.2) is 13.1 Å². The first-order valence-electron chi connectivity index (χ1n) is 9.84. The average Bonchev–Trinajstić information content (AvgIpc) is 2.68. The van der Waals surface area contributed by atoms with Crippen molar-refractivity contribution in [3.63, 3.8) is 0 Å². The van der Waals surface area contributed by atoms with Crippen molar-refractivity contribution in [1.29, 1.82) is 0 Å². The lowest BCUT2D eigenvalue weighted by Crippen LogP contribution is -2.36. The fourth-order valence-electron chi connectivity index (χ4n) is 3.14. The lowest BCUT2D eigenvalue weighted by Gasteiger charge is -2.31. The van der Waals surface area contributed by atoms with Gasteiger partial charge in [0, 0.05) is 0 Å². The van der Waals surface area contributed by atoms with Gasteiger partial charge < -0.3 is 10.6 Å². The highest BCUT2D eigenvalue weighted by Crippen LogP contribution is 2.35. The molecule has 2 aromatic rings. The Hall–Kier alpha value is -0.480. The van der Waals surface area contributed by atoms with E-state index < -0.39 is 0 Å². The second-order valence-electron chi connectivity index (χ2n) is 6.92. The highest BCUT2D eigenvalue weighted by molar-refractivity contribution is 6.42. The summed E-state index contributed by atoms with van der Waals surface area (Å²) in [5.74, 6) is 0. The molecule has 2 rings (SSSR count). The molecular weight excluding hydrogens is 434 g/mol. The minimum Gasteiger partial charge on any atom is -0.308 e. The van der Waals surface area contributed by atoms with Crippen LogP contribution in [-0.2, 0) is 0 Å². The summed E-state index contributed by atoms with van der Waals surface area (Å²) in [6.07, 6.45) is 4.45. The Morgan fingerprint density at radius 2 is 1.04 bits per heavy atom. The van der Waals surface area contributed by atoms with E-state index in [-0.39, 0.29) is 12.1 Å². The van der Waals surface area contributed by atoms with Crippen LogP contribution in [0.1, 0.15) is 62.7 Å². The minimum absolute atomic E-state index is 0.0235. The lowest BCUT2D eigenvalue weighted by atomic mass is 9.92. The van der Waals surface area contributed by atoms with Crippen LogP contribution >= 0.6 is 46.4 Å². The Balaban J connectivity index is 2.42. The fraction of sp³-hybridized carbons (Fsp3) is 0.455. The van der Waals surface area contributed by atoms with Gasteiger partial charge in [-0.05, 0) is 61.3 Å². The van der Waals surface area contributed by atoms with E-state index in [4.69, 9.17) is 46.4 Å². The summed E-state index contributed by atoms with van der Waals surface area (Å²) < 4.78 is 0. The number of nitrogens with one attached hydrogen (secondary N) is 2. The van der Waals surface area contributed by atoms with Gasteiger partial charge in [0.1, 0.15) is 0 Å². The molecular formula is C22H28Cl4N2. The Kier molecular flexibility index (Phi) is 10.4. The largest absolute Gasteiger partial charge is 0.308 e. The van der Waals surface area contributed by atoms with Crippen LogP contribution in [0.15, 0.2) is 36.4 Å². The molecule has 0 heterocycles. The van der Waals surface area contributed by atoms with Crippen molar-refractivity contribution in [2.24, 2.45) is 0 Å². The zero-order chi connectivity index (χ0) is 20.5. The van der Waals surface area contributed by atoms with Crippen molar-refractivity contribution in [3.05, 3.63) is 67.6 Å². The van der Waals surface area contributed by atoms with Crippen molar-refractivity contribution in [3.8, 4) is 0 Å². The molecule has 2 aromatic carbocycles. The molecule has 2 atom stereocenters. The van der Waals surface area contributed by atoms with E-state index in [2.05, 4.69) is 24.5 Å². The molecule has 6 heteroatoms. The fourth-order valence-corrected chi connectivity index (χ4v) is 3.75. The van der Waals surface area contributed by atoms with Gasteiger partial charge in [0.05, 0.1) is 32.2 Å². The first-order chi connectivity index (χ1) is 13.5. The number of hydrogen-bond acceptors (Lipinski definition) is 2. The van der Waals surface area contributed by atoms with Crippen LogP contribution in [0.5, 0.6) is 0 Å². The standard InChI is InChI=1S/C22H28Cl4N2/c1-3-5-11-27-21(15-7-9-17(23)19(25)13-15)22(28-12-6-4-2)16-8-10-18(24)20(26)14-16/h7-10,13-14,21-22,27-28H,3-6,11-12H2,1-2H3. The predicted molar refractivity (Wildman–Crippen MR) is 124 cm³/mol. The van der Waals surface area contributed by atoms with E-state index in [0.717, 1.165) is 49.9 Å². The Morgan fingerprint density at radius 1 is 0.643 bits per heavy atom. The van der Waals surface area contributed by atoms with Crippen molar-refractivity contribution in [1.82, 2.24) is 10.6 Å². The quantitative estimate of drug-likeness (QED) is 0.332. The van der Waals surface area contributed by atoms with E-state index in [0.29, 0.717) is 20.1 Å². The maximum Gasteiger partial charge on any atom is 0.0595 e. The minimum atomic E-state index is 0.0235. The number of unbranched alkanes of at least 4 members (excludes halogenated alkanes) is 2. The van der Waals surface area contributed by atoms with E-state index in [1.54, 1.807) is 0 Å². The van der Waals surface area contributed by atoms with Crippen LogP contribution in [0.2, 0.25) is 20.1 Å². The smallest absolute Gasteiger partial charge is 0.0595 e. The molecule has 0 amide bonds. The van der Waals surface area contributed by atoms with Gasteiger partial charge in [-0.2, -0.15) is 0 Å². The molecule has 0 bridgehead atoms. The lowest BCUT2D eigenvalue weighted by molar-refractivity contribution is 0.379. The zero-order valence-corrected chi connectivity index (χ0v) is 19.4. The molecule has 2 nitrogen and oxygen atoms in total. The summed E-state index contributed by atoms with van der Waals surface area (Å²) in [6, 6.07) is 11.7. The Labute approximate surface area is 188 Å². The molecule has 0 aliphatic rings. The Morgan fingerprint density at radius 3 is 1.36 bits per heavy atom. The summed E-state index contributed by atoms with van der Waals surface area (Å²) in [5.41, 5.74) is 2.18. The first-order valence-corrected chi connectivity index (χ1v) is 11.4. The summed E-state index contributed by atoms with van der Waals surface area (Å²) in [7, 11) is 0. The highest BCUT2D eigenvalue weighted by atomic mass is 35.5. The Bertz CT molecular complexity index is 688. The van der Waals surface area contributed by atoms with Gasteiger partial charge in [-0.3, -0.25) is 0 Å². The number of rotatable bonds is 11. The number of halogens is 4. The van der Waals surface area contributed by atoms with Crippen molar-refractivity contribution < 1.29 is 0 Å². The molecule has 0 aliphatic heterocycles. The molecule has 0 fully saturated rings. The van der Waals surface area contributed by atoms with E-state index in [1.807, 2.05) is 36.4 Å². The van der Waals surface area contributed by atoms with Gasteiger partial charge in [-0.25, -0.2) is 0 Å². The molecule has 0 aromatic heterocycles. The van der Waals surface area contributed by atoms with Gasteiger partial charge in [0.2, 0.25) is 0 Å². The molecule has 154 valence electrons. The van der Waals surface area contributed by atoms with Gasteiger partial charge in [0.15, 0.2) is 0 Å². The first kappa shape index (κ1) is 23.8. The van der Waals surface area contributed by atoms with Crippen molar-refractivity contribution in [2.75, 3.05) is 13.1 Å². The molecule has 0 saturated heterocycles. The van der Waals surface area contributed by atoms with Crippen LogP contribution in [0.25, 0.3) is 0 Å². The van der Waals surface area contributed by atoms with E-state index in [9.17, 15) is 0 Å². The van der Waals surface area contributed by atoms with Crippen molar-refractivity contribution >= 4 is 46.4 Å². The number of hydrogen-bond donors (Lipinski definition) is 2. The predicted octanol–water partition coefficient (Wildman–Crippen LogP) is 7.86. The van der Waals surface area contributed by atoms with Crippen LogP contribution in [0.4, 0.5) is 0 Å². The maximum atomic E-state index is 6.32. The number of benzene rings is 2. The highest BCUT2D eigenvalue weighted by Gasteiger charge is 2.25. The second kappa shape index (κ2) is 12.3. The topological polar surface area (TPSA) is 24.1 Å². The molecule has 2 N–H and O–H groups in total. The molecule has 0 radical (unpaired) electrons. The SMILES string of the molecule is CCCCNC(c1ccc(Cl)c(Cl)c1)C(NCCCC)c1ccc(Cl)c(Cl)c1. The van der Waals surface area contributed by atoms with E-state index in [1.165, 1.54) is 0 Å². The summed E-state index contributed by atoms with van der Waals surface area (Å²) in [5, 5.41) is 9.64. The van der Waals surface area contributed by atoms with Crippen molar-refractivity contribution in [2.45, 2.75) is 51.6 Å². The molecule has 0 aliphatic carbocycles. The third-order valence-corrected chi connectivity index (χ3v) is 6.21. The van der Waals surface area contributed by atoms with Gasteiger partial charge in [-0.1, -0.05) is 85.2 Å². The normalized spacial score (nSPS) is 13.5. The molecule has 0 saturated carbocycles. The molecule has 0 spiro atoms. The maximum absolute atomic E-state index is 6.32. The molecule has 2 unspecified atom stereocenters. The van der Waals surface area contributed by atoms with Crippen LogP contribution in [0.3, 0.4) is 0 Å². The van der Waals surface area contributed by atoms with Gasteiger partial charge in [-0.15, -0.1) is 0 Å². The summed E-state index contributed by atoms with van der Waals surface area (Å²) >= 11 is 24.9. The monoisotopic (exact) mass is 460 g/mol. The van der Waals surface area contributed by atoms with Crippen LogP contribution < -0.4 is 10.6 Å². The second-order valence-corrected chi connectivity index (χ2v) is 8.55. The third kappa shape index (κ3) is 6.79. The average molecular weight is 462 g/mol. The molecule has 28 heavy (non-hydrogen) atoms.